The van der Waals surface area contributed by atoms with Gasteiger partial charge in [-0.05, 0) is 31.4 Å². The zero-order valence-electron chi connectivity index (χ0n) is 8.41. The van der Waals surface area contributed by atoms with Gasteiger partial charge in [-0.15, -0.1) is 5.10 Å². The van der Waals surface area contributed by atoms with E-state index in [1.807, 2.05) is 43.0 Å². The lowest BCUT2D eigenvalue weighted by Crippen LogP contribution is -2.05. The highest BCUT2D eigenvalue weighted by molar-refractivity contribution is 8.46. The number of nitrogens with zero attached hydrogens (tertiary/aromatic N) is 4. The van der Waals surface area contributed by atoms with E-state index in [2.05, 4.69) is 10.3 Å². The van der Waals surface area contributed by atoms with Crippen molar-refractivity contribution in [2.75, 3.05) is 14.1 Å². The summed E-state index contributed by atoms with van der Waals surface area (Å²) in [6.07, 6.45) is 0. The van der Waals surface area contributed by atoms with Crippen molar-refractivity contribution in [3.05, 3.63) is 24.3 Å². The second kappa shape index (κ2) is 4.79. The molecule has 0 bridgehead atoms. The topological polar surface area (TPSA) is 43.2 Å². The lowest BCUT2D eigenvalue weighted by Gasteiger charge is -2.07. The van der Waals surface area contributed by atoms with Crippen LogP contribution in [0.25, 0.3) is 11.0 Å². The first-order valence-electron chi connectivity index (χ1n) is 4.35. The molecule has 0 N–H and O–H groups in total. The molecule has 1 atom stereocenters. The van der Waals surface area contributed by atoms with E-state index < -0.39 is 0 Å². The molecule has 7 heteroatoms. The van der Waals surface area contributed by atoms with E-state index in [9.17, 15) is 0 Å². The summed E-state index contributed by atoms with van der Waals surface area (Å²) >= 11 is 1.35. The molecule has 0 aliphatic rings. The summed E-state index contributed by atoms with van der Waals surface area (Å²) in [5.74, 6) is 0. The van der Waals surface area contributed by atoms with E-state index >= 15 is 0 Å². The standard InChI is InChI=1S/C8H11N4OPS/c1-11(2)14-15-13-12-8-6-4-3-5-7(8)9-10-12/h3-6,14H,1-2H3. The molecule has 1 aromatic carbocycles. The predicted octanol–water partition coefficient (Wildman–Crippen LogP) is 1.58. The summed E-state index contributed by atoms with van der Waals surface area (Å²) < 4.78 is 7.45. The molecule has 80 valence electrons. The van der Waals surface area contributed by atoms with E-state index in [-0.39, 0.29) is 0 Å². The SMILES string of the molecule is CN(C)PSOn1nnc2ccccc21. The van der Waals surface area contributed by atoms with Crippen molar-refractivity contribution in [3.63, 3.8) is 0 Å². The van der Waals surface area contributed by atoms with Gasteiger partial charge in [0.25, 0.3) is 0 Å². The minimum absolute atomic E-state index is 0.537. The van der Waals surface area contributed by atoms with Gasteiger partial charge in [0.05, 0.1) is 7.93 Å². The average Bonchev–Trinajstić information content (AvgIpc) is 2.62. The summed E-state index contributed by atoms with van der Waals surface area (Å²) in [7, 11) is 4.53. The van der Waals surface area contributed by atoms with Gasteiger partial charge in [0.1, 0.15) is 22.7 Å². The van der Waals surface area contributed by atoms with Crippen LogP contribution in [0.4, 0.5) is 0 Å². The van der Waals surface area contributed by atoms with Gasteiger partial charge in [-0.3, -0.25) is 4.67 Å². The largest absolute Gasteiger partial charge is 0.316 e. The molecule has 0 saturated heterocycles. The maximum atomic E-state index is 5.40. The molecular formula is C8H11N4OPS. The molecule has 1 heterocycles. The lowest BCUT2D eigenvalue weighted by atomic mass is 10.3. The van der Waals surface area contributed by atoms with Crippen LogP contribution in [0.2, 0.25) is 0 Å². The zero-order chi connectivity index (χ0) is 10.7. The van der Waals surface area contributed by atoms with Crippen LogP contribution in [0, 0.1) is 0 Å². The molecule has 2 aromatic rings. The normalized spacial score (nSPS) is 11.9. The number of hydrogen-bond donors (Lipinski definition) is 0. The number of para-hydroxylation sites is 1. The first-order valence-corrected chi connectivity index (χ1v) is 6.76. The summed E-state index contributed by atoms with van der Waals surface area (Å²) in [6.45, 7) is 0. The van der Waals surface area contributed by atoms with Gasteiger partial charge in [0.2, 0.25) is 0 Å². The minimum Gasteiger partial charge on any atom is -0.316 e. The summed E-state index contributed by atoms with van der Waals surface area (Å²) in [4.78, 5) is 1.44. The molecule has 1 aromatic heterocycles. The summed E-state index contributed by atoms with van der Waals surface area (Å²) in [6, 6.07) is 7.69. The van der Waals surface area contributed by atoms with Gasteiger partial charge in [-0.25, -0.2) is 0 Å². The summed E-state index contributed by atoms with van der Waals surface area (Å²) in [5.41, 5.74) is 1.72. The molecule has 0 aliphatic heterocycles. The van der Waals surface area contributed by atoms with Crippen LogP contribution in [-0.4, -0.2) is 33.9 Å². The number of rotatable bonds is 4. The van der Waals surface area contributed by atoms with Crippen molar-refractivity contribution in [1.82, 2.24) is 19.8 Å². The van der Waals surface area contributed by atoms with E-state index in [0.29, 0.717) is 7.93 Å². The van der Waals surface area contributed by atoms with Gasteiger partial charge in [-0.1, -0.05) is 17.0 Å². The number of hydrogen-bond acceptors (Lipinski definition) is 5. The van der Waals surface area contributed by atoms with Crippen LogP contribution in [0.3, 0.4) is 0 Å². The molecule has 15 heavy (non-hydrogen) atoms. The van der Waals surface area contributed by atoms with Gasteiger partial charge in [0.15, 0.2) is 0 Å². The van der Waals surface area contributed by atoms with Crippen molar-refractivity contribution in [2.24, 2.45) is 0 Å². The number of aromatic nitrogens is 3. The fourth-order valence-corrected chi connectivity index (χ4v) is 2.15. The van der Waals surface area contributed by atoms with Crippen molar-refractivity contribution < 1.29 is 4.28 Å². The quantitative estimate of drug-likeness (QED) is 0.601. The van der Waals surface area contributed by atoms with E-state index in [0.717, 1.165) is 11.0 Å². The van der Waals surface area contributed by atoms with Crippen molar-refractivity contribution in [1.29, 1.82) is 0 Å². The molecular weight excluding hydrogens is 231 g/mol. The number of benzene rings is 1. The van der Waals surface area contributed by atoms with Gasteiger partial charge in [0, 0.05) is 0 Å². The van der Waals surface area contributed by atoms with E-state index in [1.54, 1.807) is 0 Å². The molecule has 2 rings (SSSR count). The van der Waals surface area contributed by atoms with Crippen molar-refractivity contribution in [2.45, 2.75) is 0 Å². The van der Waals surface area contributed by atoms with Crippen LogP contribution in [0.5, 0.6) is 0 Å². The van der Waals surface area contributed by atoms with Crippen LogP contribution >= 0.6 is 19.6 Å². The Kier molecular flexibility index (Phi) is 3.41. The Morgan fingerprint density at radius 2 is 2.20 bits per heavy atom. The Morgan fingerprint density at radius 1 is 1.40 bits per heavy atom. The lowest BCUT2D eigenvalue weighted by molar-refractivity contribution is 0.284. The molecule has 0 aliphatic carbocycles. The summed E-state index contributed by atoms with van der Waals surface area (Å²) in [5, 5.41) is 7.88. The fraction of sp³-hybridized carbons (Fsp3) is 0.250. The van der Waals surface area contributed by atoms with Gasteiger partial charge < -0.3 is 4.28 Å². The Morgan fingerprint density at radius 3 is 3.00 bits per heavy atom. The van der Waals surface area contributed by atoms with E-state index in [1.165, 1.54) is 16.5 Å². The smallest absolute Gasteiger partial charge is 0.132 e. The second-order valence-corrected chi connectivity index (χ2v) is 5.54. The van der Waals surface area contributed by atoms with E-state index in [4.69, 9.17) is 4.28 Å². The Labute approximate surface area is 93.5 Å². The molecule has 0 spiro atoms. The van der Waals surface area contributed by atoms with Crippen LogP contribution in [0.1, 0.15) is 0 Å². The monoisotopic (exact) mass is 242 g/mol. The highest BCUT2D eigenvalue weighted by atomic mass is 32.7. The van der Waals surface area contributed by atoms with Crippen molar-refractivity contribution in [3.8, 4) is 0 Å². The number of fused-ring (bicyclic) bond motifs is 1. The molecule has 1 unspecified atom stereocenters. The Hall–Kier alpha value is -0.840. The first kappa shape index (κ1) is 10.7. The minimum atomic E-state index is 0.537. The maximum Gasteiger partial charge on any atom is 0.132 e. The zero-order valence-corrected chi connectivity index (χ0v) is 10.2. The fourth-order valence-electron chi connectivity index (χ4n) is 1.03. The highest BCUT2D eigenvalue weighted by Gasteiger charge is 2.04. The van der Waals surface area contributed by atoms with Crippen molar-refractivity contribution >= 4 is 30.6 Å². The van der Waals surface area contributed by atoms with Gasteiger partial charge >= 0.3 is 0 Å². The third-order valence-electron chi connectivity index (χ3n) is 1.65. The molecule has 0 radical (unpaired) electrons. The molecule has 0 fully saturated rings. The highest BCUT2D eigenvalue weighted by Crippen LogP contribution is 2.29. The van der Waals surface area contributed by atoms with Gasteiger partial charge in [-0.2, -0.15) is 0 Å². The molecule has 5 nitrogen and oxygen atoms in total. The van der Waals surface area contributed by atoms with Crippen LogP contribution in [0.15, 0.2) is 24.3 Å². The maximum absolute atomic E-state index is 5.40. The third-order valence-corrected chi connectivity index (χ3v) is 3.85. The predicted molar refractivity (Wildman–Crippen MR) is 63.7 cm³/mol. The van der Waals surface area contributed by atoms with Crippen LogP contribution in [-0.2, 0) is 0 Å². The second-order valence-electron chi connectivity index (χ2n) is 3.09. The molecule has 0 saturated carbocycles. The third kappa shape index (κ3) is 2.59. The average molecular weight is 242 g/mol. The molecule has 0 amide bonds. The Balaban J connectivity index is 2.08. The first-order chi connectivity index (χ1) is 7.27. The van der Waals surface area contributed by atoms with Crippen LogP contribution < -0.4 is 4.28 Å². The Bertz CT molecular complexity index is 447.